The molecule has 0 aliphatic heterocycles. The number of hydrogen-bond donors (Lipinski definition) is 1. The molecule has 1 N–H and O–H groups in total. The van der Waals surface area contributed by atoms with Crippen LogP contribution in [0, 0.1) is 12.8 Å². The van der Waals surface area contributed by atoms with Crippen LogP contribution in [0.25, 0.3) is 11.0 Å². The van der Waals surface area contributed by atoms with E-state index in [-0.39, 0.29) is 35.9 Å². The summed E-state index contributed by atoms with van der Waals surface area (Å²) in [5.74, 6) is -2.88. The average molecular weight is 515 g/mol. The maximum absolute atomic E-state index is 13.5. The second-order valence-corrected chi connectivity index (χ2v) is 8.19. The summed E-state index contributed by atoms with van der Waals surface area (Å²) < 4.78 is 85.8. The maximum atomic E-state index is 13.5. The number of fused-ring (bicyclic) bond motifs is 1. The molecule has 9 nitrogen and oxygen atoms in total. The number of nitrogens with zero attached hydrogens (tertiary/aromatic N) is 6. The molecule has 0 saturated carbocycles. The van der Waals surface area contributed by atoms with Gasteiger partial charge in [-0.25, -0.2) is 4.98 Å². The predicted molar refractivity (Wildman–Crippen MR) is 112 cm³/mol. The van der Waals surface area contributed by atoms with Gasteiger partial charge in [-0.2, -0.15) is 36.4 Å². The van der Waals surface area contributed by atoms with Crippen molar-refractivity contribution in [2.24, 2.45) is 5.92 Å². The van der Waals surface area contributed by atoms with Crippen molar-refractivity contribution in [3.63, 3.8) is 0 Å². The second-order valence-electron chi connectivity index (χ2n) is 8.19. The number of hydrogen-bond acceptors (Lipinski definition) is 6. The number of carbonyl (C=O) groups is 1. The zero-order valence-corrected chi connectivity index (χ0v) is 18.9. The summed E-state index contributed by atoms with van der Waals surface area (Å²) in [7, 11) is 0. The predicted octanol–water partition coefficient (Wildman–Crippen LogP) is 4.08. The molecule has 0 aliphatic carbocycles. The van der Waals surface area contributed by atoms with Crippen LogP contribution in [0.2, 0.25) is 0 Å². The standard InChI is InChI=1S/C21H19F6N7O2/c1-11(9-34-12(2)7-15(31-34)20(22,23)24)8-28-17(35)18-30-16(32-36-18)10-33-14-6-4-3-5-13(14)29-19(33)21(25,26)27/h3-7,11H,8-10H2,1-2H3,(H,28,35). The van der Waals surface area contributed by atoms with Gasteiger partial charge in [0.2, 0.25) is 5.82 Å². The van der Waals surface area contributed by atoms with Gasteiger partial charge in [0.25, 0.3) is 0 Å². The van der Waals surface area contributed by atoms with Crippen LogP contribution in [0.4, 0.5) is 26.3 Å². The van der Waals surface area contributed by atoms with Crippen molar-refractivity contribution >= 4 is 16.9 Å². The lowest BCUT2D eigenvalue weighted by atomic mass is 10.2. The Morgan fingerprint density at radius 3 is 2.50 bits per heavy atom. The number of rotatable bonds is 7. The van der Waals surface area contributed by atoms with E-state index in [9.17, 15) is 31.1 Å². The van der Waals surface area contributed by atoms with Gasteiger partial charge in [0.15, 0.2) is 11.5 Å². The Kier molecular flexibility index (Phi) is 6.49. The SMILES string of the molecule is Cc1cc(C(F)(F)F)nn1CC(C)CNC(=O)c1nc(Cn2c(C(F)(F)F)nc3ccccc32)no1. The van der Waals surface area contributed by atoms with Gasteiger partial charge in [0.05, 0.1) is 17.6 Å². The minimum absolute atomic E-state index is 0.0432. The van der Waals surface area contributed by atoms with Gasteiger partial charge < -0.3 is 14.4 Å². The first kappa shape index (κ1) is 25.2. The van der Waals surface area contributed by atoms with Crippen LogP contribution in [0.15, 0.2) is 34.9 Å². The first-order chi connectivity index (χ1) is 16.8. The maximum Gasteiger partial charge on any atom is 0.449 e. The number of nitrogens with one attached hydrogen (secondary N) is 1. The van der Waals surface area contributed by atoms with Crippen LogP contribution in [0.3, 0.4) is 0 Å². The normalized spacial score (nSPS) is 13.3. The van der Waals surface area contributed by atoms with Gasteiger partial charge >= 0.3 is 24.2 Å². The van der Waals surface area contributed by atoms with Crippen molar-refractivity contribution in [3.8, 4) is 0 Å². The molecule has 0 radical (unpaired) electrons. The summed E-state index contributed by atoms with van der Waals surface area (Å²) in [5, 5.41) is 9.65. The largest absolute Gasteiger partial charge is 0.449 e. The van der Waals surface area contributed by atoms with Gasteiger partial charge in [-0.05, 0) is 31.0 Å². The Morgan fingerprint density at radius 2 is 1.83 bits per heavy atom. The van der Waals surface area contributed by atoms with Crippen LogP contribution in [0.1, 0.15) is 40.6 Å². The molecule has 0 saturated heterocycles. The molecular weight excluding hydrogens is 496 g/mol. The summed E-state index contributed by atoms with van der Waals surface area (Å²) in [5.41, 5.74) is -0.353. The molecule has 15 heteroatoms. The fourth-order valence-electron chi connectivity index (χ4n) is 3.54. The Morgan fingerprint density at radius 1 is 1.11 bits per heavy atom. The van der Waals surface area contributed by atoms with Crippen LogP contribution in [-0.2, 0) is 25.4 Å². The fourth-order valence-corrected chi connectivity index (χ4v) is 3.54. The molecule has 4 aromatic rings. The number of amides is 1. The van der Waals surface area contributed by atoms with Gasteiger partial charge in [0, 0.05) is 18.8 Å². The molecule has 1 amide bonds. The van der Waals surface area contributed by atoms with Crippen molar-refractivity contribution in [3.05, 3.63) is 59.3 Å². The highest BCUT2D eigenvalue weighted by atomic mass is 19.4. The highest BCUT2D eigenvalue weighted by molar-refractivity contribution is 5.89. The van der Waals surface area contributed by atoms with Gasteiger partial charge in [-0.15, -0.1) is 0 Å². The number of carbonyl (C=O) groups excluding carboxylic acids is 1. The average Bonchev–Trinajstić information content (AvgIpc) is 3.50. The summed E-state index contributed by atoms with van der Waals surface area (Å²) in [6.07, 6.45) is -9.29. The molecule has 0 fully saturated rings. The molecule has 3 aromatic heterocycles. The van der Waals surface area contributed by atoms with Gasteiger partial charge in [-0.1, -0.05) is 24.2 Å². The van der Waals surface area contributed by atoms with E-state index in [1.165, 1.54) is 23.7 Å². The van der Waals surface area contributed by atoms with E-state index in [4.69, 9.17) is 4.52 Å². The monoisotopic (exact) mass is 515 g/mol. The molecule has 36 heavy (non-hydrogen) atoms. The fraction of sp³-hybridized carbons (Fsp3) is 0.381. The smallest absolute Gasteiger partial charge is 0.347 e. The quantitative estimate of drug-likeness (QED) is 0.372. The van der Waals surface area contributed by atoms with Crippen molar-refractivity contribution in [2.45, 2.75) is 39.3 Å². The van der Waals surface area contributed by atoms with E-state index in [0.29, 0.717) is 5.69 Å². The van der Waals surface area contributed by atoms with Gasteiger partial charge in [0.1, 0.15) is 0 Å². The first-order valence-electron chi connectivity index (χ1n) is 10.6. The lowest BCUT2D eigenvalue weighted by molar-refractivity contribution is -0.146. The molecule has 1 unspecified atom stereocenters. The molecule has 0 bridgehead atoms. The zero-order chi connectivity index (χ0) is 26.3. The first-order valence-corrected chi connectivity index (χ1v) is 10.6. The summed E-state index contributed by atoms with van der Waals surface area (Å²) in [4.78, 5) is 19.9. The Bertz CT molecular complexity index is 1390. The molecular formula is C21H19F6N7O2. The molecule has 3 heterocycles. The summed E-state index contributed by atoms with van der Waals surface area (Å²) in [6, 6.07) is 6.95. The third-order valence-electron chi connectivity index (χ3n) is 5.24. The van der Waals surface area contributed by atoms with Crippen LogP contribution < -0.4 is 5.32 Å². The van der Waals surface area contributed by atoms with E-state index in [1.54, 1.807) is 19.1 Å². The van der Waals surface area contributed by atoms with Crippen LogP contribution in [-0.4, -0.2) is 41.9 Å². The Labute approximate surface area is 199 Å². The van der Waals surface area contributed by atoms with Crippen molar-refractivity contribution in [1.82, 2.24) is 34.8 Å². The number of alkyl halides is 6. The van der Waals surface area contributed by atoms with Crippen molar-refractivity contribution in [1.29, 1.82) is 0 Å². The van der Waals surface area contributed by atoms with E-state index >= 15 is 0 Å². The van der Waals surface area contributed by atoms with Crippen LogP contribution >= 0.6 is 0 Å². The van der Waals surface area contributed by atoms with Crippen molar-refractivity contribution < 1.29 is 35.7 Å². The minimum Gasteiger partial charge on any atom is -0.347 e. The molecule has 192 valence electrons. The van der Waals surface area contributed by atoms with Crippen molar-refractivity contribution in [2.75, 3.05) is 6.54 Å². The second kappa shape index (κ2) is 9.28. The lowest BCUT2D eigenvalue weighted by Crippen LogP contribution is -2.30. The molecule has 4 rings (SSSR count). The Balaban J connectivity index is 1.41. The van der Waals surface area contributed by atoms with E-state index in [1.807, 2.05) is 0 Å². The number of imidazole rings is 1. The molecule has 1 aromatic carbocycles. The number of aryl methyl sites for hydroxylation is 1. The number of benzene rings is 1. The number of aromatic nitrogens is 6. The lowest BCUT2D eigenvalue weighted by Gasteiger charge is -2.13. The third kappa shape index (κ3) is 5.33. The Hall–Kier alpha value is -3.91. The van der Waals surface area contributed by atoms with Crippen LogP contribution in [0.5, 0.6) is 0 Å². The number of halogens is 6. The highest BCUT2D eigenvalue weighted by Gasteiger charge is 2.38. The molecule has 1 atom stereocenters. The minimum atomic E-state index is -4.73. The summed E-state index contributed by atoms with van der Waals surface area (Å²) in [6.45, 7) is 2.88. The zero-order valence-electron chi connectivity index (χ0n) is 18.9. The van der Waals surface area contributed by atoms with E-state index in [2.05, 4.69) is 25.5 Å². The molecule has 0 aliphatic rings. The van der Waals surface area contributed by atoms with Gasteiger partial charge in [-0.3, -0.25) is 9.48 Å². The number of para-hydroxylation sites is 2. The third-order valence-corrected chi connectivity index (χ3v) is 5.24. The van der Waals surface area contributed by atoms with E-state index < -0.39 is 42.2 Å². The van der Waals surface area contributed by atoms with E-state index in [0.717, 1.165) is 10.6 Å². The molecule has 0 spiro atoms. The topological polar surface area (TPSA) is 104 Å². The highest BCUT2D eigenvalue weighted by Crippen LogP contribution is 2.32. The summed E-state index contributed by atoms with van der Waals surface area (Å²) >= 11 is 0.